The normalized spacial score (nSPS) is 10.2. The van der Waals surface area contributed by atoms with Crippen LogP contribution in [-0.4, -0.2) is 23.6 Å². The Labute approximate surface area is 137 Å². The number of nitrogens with one attached hydrogen (secondary N) is 1. The lowest BCUT2D eigenvalue weighted by Gasteiger charge is -2.09. The molecular weight excluding hydrogens is 320 g/mol. The fourth-order valence-corrected chi connectivity index (χ4v) is 2.16. The first-order valence-corrected chi connectivity index (χ1v) is 7.17. The number of hydrogen-bond donors (Lipinski definition) is 1. The SMILES string of the molecule is COC(=O)c1ccc(=O)n(CC(=O)NCc2cccc(Cl)c2)c1. The number of aromatic nitrogens is 1. The standard InChI is InChI=1S/C16H15ClN2O4/c1-23-16(22)12-5-6-15(21)19(9-12)10-14(20)18-8-11-3-2-4-13(17)7-11/h2-7,9H,8,10H2,1H3,(H,18,20). The van der Waals surface area contributed by atoms with Crippen LogP contribution in [0.4, 0.5) is 0 Å². The number of amides is 1. The van der Waals surface area contributed by atoms with E-state index in [9.17, 15) is 14.4 Å². The van der Waals surface area contributed by atoms with Gasteiger partial charge in [0.25, 0.3) is 5.56 Å². The minimum Gasteiger partial charge on any atom is -0.465 e. The topological polar surface area (TPSA) is 77.4 Å². The van der Waals surface area contributed by atoms with Crippen LogP contribution in [0.25, 0.3) is 0 Å². The zero-order valence-electron chi connectivity index (χ0n) is 12.4. The number of carbonyl (C=O) groups is 2. The molecule has 0 saturated heterocycles. The quantitative estimate of drug-likeness (QED) is 0.843. The summed E-state index contributed by atoms with van der Waals surface area (Å²) in [5.74, 6) is -0.924. The van der Waals surface area contributed by atoms with E-state index in [2.05, 4.69) is 10.1 Å². The molecule has 0 fully saturated rings. The Kier molecular flexibility index (Phi) is 5.54. The third-order valence-electron chi connectivity index (χ3n) is 3.10. The predicted molar refractivity (Wildman–Crippen MR) is 85.3 cm³/mol. The second kappa shape index (κ2) is 7.60. The summed E-state index contributed by atoms with van der Waals surface area (Å²) in [6.07, 6.45) is 1.30. The van der Waals surface area contributed by atoms with Gasteiger partial charge in [0.15, 0.2) is 0 Å². The first kappa shape index (κ1) is 16.8. The van der Waals surface area contributed by atoms with E-state index in [0.717, 1.165) is 10.1 Å². The lowest BCUT2D eigenvalue weighted by molar-refractivity contribution is -0.121. The molecule has 1 aromatic carbocycles. The Morgan fingerprint density at radius 3 is 2.74 bits per heavy atom. The van der Waals surface area contributed by atoms with E-state index >= 15 is 0 Å². The molecule has 0 aliphatic carbocycles. The molecule has 0 atom stereocenters. The maximum absolute atomic E-state index is 12.0. The summed E-state index contributed by atoms with van der Waals surface area (Å²) in [7, 11) is 1.25. The van der Waals surface area contributed by atoms with Crippen molar-refractivity contribution in [2.45, 2.75) is 13.1 Å². The highest BCUT2D eigenvalue weighted by atomic mass is 35.5. The highest BCUT2D eigenvalue weighted by Crippen LogP contribution is 2.10. The second-order valence-corrected chi connectivity index (χ2v) is 5.22. The number of ether oxygens (including phenoxy) is 1. The highest BCUT2D eigenvalue weighted by Gasteiger charge is 2.10. The minimum absolute atomic E-state index is 0.190. The first-order chi connectivity index (χ1) is 11.0. The predicted octanol–water partition coefficient (Wildman–Crippen LogP) is 1.60. The molecule has 0 bridgehead atoms. The monoisotopic (exact) mass is 334 g/mol. The molecule has 0 spiro atoms. The van der Waals surface area contributed by atoms with Crippen LogP contribution in [0.3, 0.4) is 0 Å². The summed E-state index contributed by atoms with van der Waals surface area (Å²) in [6, 6.07) is 9.67. The van der Waals surface area contributed by atoms with Crippen LogP contribution in [0.15, 0.2) is 47.4 Å². The molecule has 23 heavy (non-hydrogen) atoms. The second-order valence-electron chi connectivity index (χ2n) is 4.78. The molecule has 7 heteroatoms. The maximum atomic E-state index is 12.0. The molecule has 1 heterocycles. The number of hydrogen-bond acceptors (Lipinski definition) is 4. The van der Waals surface area contributed by atoms with Gasteiger partial charge in [0, 0.05) is 23.8 Å². The summed E-state index contributed by atoms with van der Waals surface area (Å²) < 4.78 is 5.74. The molecule has 0 radical (unpaired) electrons. The Morgan fingerprint density at radius 1 is 1.26 bits per heavy atom. The third-order valence-corrected chi connectivity index (χ3v) is 3.33. The Hall–Kier alpha value is -2.60. The maximum Gasteiger partial charge on any atom is 0.339 e. The molecular formula is C16H15ClN2O4. The zero-order chi connectivity index (χ0) is 16.8. The molecule has 0 saturated carbocycles. The van der Waals surface area contributed by atoms with E-state index < -0.39 is 5.97 Å². The van der Waals surface area contributed by atoms with Gasteiger partial charge in [0.2, 0.25) is 5.91 Å². The molecule has 1 N–H and O–H groups in total. The summed E-state index contributed by atoms with van der Waals surface area (Å²) in [6.45, 7) is 0.106. The lowest BCUT2D eigenvalue weighted by Crippen LogP contribution is -2.32. The van der Waals surface area contributed by atoms with E-state index in [1.807, 2.05) is 6.07 Å². The number of rotatable bonds is 5. The van der Waals surface area contributed by atoms with Crippen LogP contribution in [0, 0.1) is 0 Å². The van der Waals surface area contributed by atoms with Crippen molar-refractivity contribution in [3.05, 3.63) is 69.1 Å². The number of pyridine rings is 1. The molecule has 120 valence electrons. The smallest absolute Gasteiger partial charge is 0.339 e. The van der Waals surface area contributed by atoms with Gasteiger partial charge in [-0.1, -0.05) is 23.7 Å². The number of halogens is 1. The van der Waals surface area contributed by atoms with Crippen LogP contribution >= 0.6 is 11.6 Å². The number of nitrogens with zero attached hydrogens (tertiary/aromatic N) is 1. The van der Waals surface area contributed by atoms with E-state index in [1.165, 1.54) is 25.4 Å². The van der Waals surface area contributed by atoms with E-state index in [4.69, 9.17) is 11.6 Å². The van der Waals surface area contributed by atoms with Crippen LogP contribution in [0.1, 0.15) is 15.9 Å². The molecule has 0 aliphatic rings. The molecule has 2 rings (SSSR count). The van der Waals surface area contributed by atoms with Crippen molar-refractivity contribution in [2.75, 3.05) is 7.11 Å². The Morgan fingerprint density at radius 2 is 2.04 bits per heavy atom. The molecule has 1 aromatic heterocycles. The fourth-order valence-electron chi connectivity index (χ4n) is 1.95. The number of carbonyl (C=O) groups excluding carboxylic acids is 2. The van der Waals surface area contributed by atoms with Crippen molar-refractivity contribution in [3.63, 3.8) is 0 Å². The molecule has 2 aromatic rings. The van der Waals surface area contributed by atoms with Gasteiger partial charge < -0.3 is 14.6 Å². The molecule has 6 nitrogen and oxygen atoms in total. The van der Waals surface area contributed by atoms with Gasteiger partial charge in [-0.25, -0.2) is 4.79 Å². The van der Waals surface area contributed by atoms with Gasteiger partial charge in [-0.15, -0.1) is 0 Å². The summed E-state index contributed by atoms with van der Waals surface area (Å²) in [4.78, 5) is 35.2. The summed E-state index contributed by atoms with van der Waals surface area (Å²) in [5, 5.41) is 3.27. The van der Waals surface area contributed by atoms with Gasteiger partial charge >= 0.3 is 5.97 Å². The van der Waals surface area contributed by atoms with Crippen molar-refractivity contribution in [1.29, 1.82) is 0 Å². The van der Waals surface area contributed by atoms with Crippen molar-refractivity contribution in [2.24, 2.45) is 0 Å². The Bertz CT molecular complexity index is 786. The van der Waals surface area contributed by atoms with Gasteiger partial charge in [0.1, 0.15) is 6.54 Å². The van der Waals surface area contributed by atoms with Crippen molar-refractivity contribution >= 4 is 23.5 Å². The van der Waals surface area contributed by atoms with Gasteiger partial charge in [-0.05, 0) is 23.8 Å². The van der Waals surface area contributed by atoms with Crippen LogP contribution in [0.5, 0.6) is 0 Å². The zero-order valence-corrected chi connectivity index (χ0v) is 13.2. The van der Waals surface area contributed by atoms with Crippen molar-refractivity contribution in [3.8, 4) is 0 Å². The van der Waals surface area contributed by atoms with E-state index in [1.54, 1.807) is 18.2 Å². The minimum atomic E-state index is -0.571. The van der Waals surface area contributed by atoms with Crippen molar-refractivity contribution in [1.82, 2.24) is 9.88 Å². The van der Waals surface area contributed by atoms with E-state index in [-0.39, 0.29) is 23.6 Å². The third kappa shape index (κ3) is 4.69. The van der Waals surface area contributed by atoms with Crippen LogP contribution in [-0.2, 0) is 22.6 Å². The average Bonchev–Trinajstić information content (AvgIpc) is 2.54. The molecule has 0 aliphatic heterocycles. The Balaban J connectivity index is 2.02. The lowest BCUT2D eigenvalue weighted by atomic mass is 10.2. The largest absolute Gasteiger partial charge is 0.465 e. The molecule has 1 amide bonds. The first-order valence-electron chi connectivity index (χ1n) is 6.79. The van der Waals surface area contributed by atoms with Gasteiger partial charge in [0.05, 0.1) is 12.7 Å². The number of methoxy groups -OCH3 is 1. The summed E-state index contributed by atoms with van der Waals surface area (Å²) in [5.41, 5.74) is 0.673. The number of benzene rings is 1. The van der Waals surface area contributed by atoms with Crippen LogP contribution in [0.2, 0.25) is 5.02 Å². The van der Waals surface area contributed by atoms with E-state index in [0.29, 0.717) is 11.6 Å². The number of esters is 1. The summed E-state index contributed by atoms with van der Waals surface area (Å²) >= 11 is 5.87. The highest BCUT2D eigenvalue weighted by molar-refractivity contribution is 6.30. The van der Waals surface area contributed by atoms with Crippen LogP contribution < -0.4 is 10.9 Å². The fraction of sp³-hybridized carbons (Fsp3) is 0.188. The van der Waals surface area contributed by atoms with Crippen molar-refractivity contribution < 1.29 is 14.3 Å². The molecule has 0 unspecified atom stereocenters. The average molecular weight is 335 g/mol. The van der Waals surface area contributed by atoms with Gasteiger partial charge in [-0.3, -0.25) is 9.59 Å². The van der Waals surface area contributed by atoms with Gasteiger partial charge in [-0.2, -0.15) is 0 Å².